The Balaban J connectivity index is 2.67. The van der Waals surface area contributed by atoms with E-state index in [1.165, 1.54) is 109 Å². The molecule has 0 radical (unpaired) electrons. The number of esters is 3. The van der Waals surface area contributed by atoms with Crippen molar-refractivity contribution >= 4 is 23.9 Å². The van der Waals surface area contributed by atoms with E-state index in [9.17, 15) is 34.5 Å². The van der Waals surface area contributed by atoms with E-state index in [2.05, 4.69) is 45.1 Å². The number of hydrogen-bond acceptors (Lipinski definition) is 11. The lowest BCUT2D eigenvalue weighted by atomic mass is 9.98. The summed E-state index contributed by atoms with van der Waals surface area (Å²) in [4.78, 5) is 50.9. The summed E-state index contributed by atoms with van der Waals surface area (Å²) in [5.74, 6) is -3.12. The summed E-state index contributed by atoms with van der Waals surface area (Å²) in [7, 11) is 0. The van der Waals surface area contributed by atoms with Crippen LogP contribution in [0.5, 0.6) is 0 Å². The van der Waals surface area contributed by atoms with Gasteiger partial charge in [0, 0.05) is 19.3 Å². The maximum Gasteiger partial charge on any atom is 0.335 e. The van der Waals surface area contributed by atoms with Gasteiger partial charge in [-0.2, -0.15) is 0 Å². The molecule has 1 fully saturated rings. The summed E-state index contributed by atoms with van der Waals surface area (Å²) < 4.78 is 28.3. The Bertz CT molecular complexity index is 1300. The van der Waals surface area contributed by atoms with Gasteiger partial charge in [-0.15, -0.1) is 0 Å². The second-order valence-corrected chi connectivity index (χ2v) is 19.6. The molecule has 6 atom stereocenters. The van der Waals surface area contributed by atoms with Gasteiger partial charge < -0.3 is 39.0 Å². The standard InChI is InChI=1S/C57H102O12/c1-4-7-10-13-16-19-22-23-24-25-26-27-30-33-36-39-42-45-51(60)68-55-53(62)52(61)54(56(63)64)69-57(55)66-47-48(67-50(59)44-41-38-35-32-29-21-18-15-12-9-6-3)46-65-49(58)43-40-37-34-31-28-20-17-14-11-8-5-2/h14-15,17-18,48,52-55,57,61-62H,4-13,16,19-47H2,1-3H3,(H,63,64)/b17-14-,18-15-. The molecule has 0 aromatic heterocycles. The highest BCUT2D eigenvalue weighted by atomic mass is 16.7. The van der Waals surface area contributed by atoms with Gasteiger partial charge in [0.2, 0.25) is 0 Å². The number of carbonyl (C=O) groups is 4. The summed E-state index contributed by atoms with van der Waals surface area (Å²) >= 11 is 0. The number of aliphatic hydroxyl groups is 2. The van der Waals surface area contributed by atoms with Crippen molar-refractivity contribution in [3.05, 3.63) is 24.3 Å². The lowest BCUT2D eigenvalue weighted by molar-refractivity contribution is -0.301. The van der Waals surface area contributed by atoms with Crippen LogP contribution < -0.4 is 0 Å². The monoisotopic (exact) mass is 979 g/mol. The van der Waals surface area contributed by atoms with Crippen LogP contribution in [0.25, 0.3) is 0 Å². The Morgan fingerprint density at radius 3 is 1.28 bits per heavy atom. The molecular formula is C57H102O12. The molecule has 402 valence electrons. The molecule has 6 unspecified atom stereocenters. The van der Waals surface area contributed by atoms with Crippen LogP contribution >= 0.6 is 0 Å². The van der Waals surface area contributed by atoms with Crippen LogP contribution in [0.3, 0.4) is 0 Å². The summed E-state index contributed by atoms with van der Waals surface area (Å²) in [5.41, 5.74) is 0. The van der Waals surface area contributed by atoms with E-state index in [0.29, 0.717) is 19.3 Å². The van der Waals surface area contributed by atoms with Crippen molar-refractivity contribution in [1.29, 1.82) is 0 Å². The Morgan fingerprint density at radius 1 is 0.464 bits per heavy atom. The molecule has 12 heteroatoms. The maximum absolute atomic E-state index is 13.1. The van der Waals surface area contributed by atoms with E-state index < -0.39 is 67.3 Å². The molecule has 0 aromatic carbocycles. The molecule has 1 rings (SSSR count). The van der Waals surface area contributed by atoms with E-state index in [-0.39, 0.29) is 25.9 Å². The van der Waals surface area contributed by atoms with Gasteiger partial charge in [0.25, 0.3) is 0 Å². The molecule has 3 N–H and O–H groups in total. The summed E-state index contributed by atoms with van der Waals surface area (Å²) in [5, 5.41) is 31.4. The number of allylic oxidation sites excluding steroid dienone is 4. The van der Waals surface area contributed by atoms with E-state index in [1.807, 2.05) is 0 Å². The van der Waals surface area contributed by atoms with Crippen LogP contribution in [0.2, 0.25) is 0 Å². The third-order valence-electron chi connectivity index (χ3n) is 13.0. The molecule has 12 nitrogen and oxygen atoms in total. The zero-order valence-electron chi connectivity index (χ0n) is 44.1. The fourth-order valence-electron chi connectivity index (χ4n) is 8.57. The molecule has 0 aromatic rings. The van der Waals surface area contributed by atoms with Gasteiger partial charge in [-0.1, -0.05) is 212 Å². The van der Waals surface area contributed by atoms with Crippen LogP contribution in [0.4, 0.5) is 0 Å². The fraction of sp³-hybridized carbons (Fsp3) is 0.860. The number of carboxylic acid groups (broad SMARTS) is 1. The molecule has 0 aliphatic carbocycles. The van der Waals surface area contributed by atoms with Crippen molar-refractivity contribution < 1.29 is 58.2 Å². The zero-order chi connectivity index (χ0) is 50.4. The van der Waals surface area contributed by atoms with E-state index >= 15 is 0 Å². The molecule has 1 aliphatic heterocycles. The van der Waals surface area contributed by atoms with Crippen molar-refractivity contribution in [2.24, 2.45) is 0 Å². The molecule has 1 aliphatic rings. The van der Waals surface area contributed by atoms with Crippen LogP contribution in [-0.4, -0.2) is 89.2 Å². The highest BCUT2D eigenvalue weighted by Gasteiger charge is 2.50. The first-order valence-corrected chi connectivity index (χ1v) is 28.3. The minimum Gasteiger partial charge on any atom is -0.479 e. The number of unbranched alkanes of at least 4 members (excludes halogenated alkanes) is 30. The van der Waals surface area contributed by atoms with Gasteiger partial charge in [0.1, 0.15) is 18.8 Å². The van der Waals surface area contributed by atoms with Crippen LogP contribution in [0.1, 0.15) is 265 Å². The third-order valence-corrected chi connectivity index (χ3v) is 13.0. The summed E-state index contributed by atoms with van der Waals surface area (Å²) in [6.07, 6.45) is 38.8. The number of carbonyl (C=O) groups excluding carboxylic acids is 3. The van der Waals surface area contributed by atoms with Crippen LogP contribution in [0.15, 0.2) is 24.3 Å². The SMILES string of the molecule is CCCC/C=C\CCCCCCCC(=O)OCC(COC1OC(C(=O)O)C(O)C(O)C1OC(=O)CCCCCCCCCCCCCCCCCCC)OC(=O)CCCCCCC/C=C\CCCC. The first-order valence-electron chi connectivity index (χ1n) is 28.3. The van der Waals surface area contributed by atoms with Gasteiger partial charge >= 0.3 is 23.9 Å². The van der Waals surface area contributed by atoms with E-state index in [0.717, 1.165) is 96.3 Å². The van der Waals surface area contributed by atoms with Crippen molar-refractivity contribution in [3.63, 3.8) is 0 Å². The highest BCUT2D eigenvalue weighted by Crippen LogP contribution is 2.26. The van der Waals surface area contributed by atoms with E-state index in [1.54, 1.807) is 0 Å². The molecule has 0 saturated carbocycles. The third kappa shape index (κ3) is 36.7. The predicted molar refractivity (Wildman–Crippen MR) is 276 cm³/mol. The number of aliphatic hydroxyl groups excluding tert-OH is 2. The number of hydrogen-bond donors (Lipinski definition) is 3. The lowest BCUT2D eigenvalue weighted by Crippen LogP contribution is -2.61. The first kappa shape index (κ1) is 64.2. The Labute approximate surface area is 419 Å². The lowest BCUT2D eigenvalue weighted by Gasteiger charge is -2.40. The number of rotatable bonds is 48. The minimum absolute atomic E-state index is 0.0652. The molecule has 0 spiro atoms. The van der Waals surface area contributed by atoms with Crippen LogP contribution in [0, 0.1) is 0 Å². The van der Waals surface area contributed by atoms with Crippen molar-refractivity contribution in [3.8, 4) is 0 Å². The highest BCUT2D eigenvalue weighted by molar-refractivity contribution is 5.74. The molecule has 1 heterocycles. The second-order valence-electron chi connectivity index (χ2n) is 19.6. The minimum atomic E-state index is -1.90. The Kier molecular flexibility index (Phi) is 43.1. The zero-order valence-corrected chi connectivity index (χ0v) is 44.1. The van der Waals surface area contributed by atoms with E-state index in [4.69, 9.17) is 23.7 Å². The topological polar surface area (TPSA) is 175 Å². The smallest absolute Gasteiger partial charge is 0.335 e. The average molecular weight is 979 g/mol. The van der Waals surface area contributed by atoms with Crippen molar-refractivity contribution in [2.75, 3.05) is 13.2 Å². The maximum atomic E-state index is 13.1. The van der Waals surface area contributed by atoms with Gasteiger partial charge in [-0.3, -0.25) is 14.4 Å². The summed E-state index contributed by atoms with van der Waals surface area (Å²) in [6, 6.07) is 0. The fourth-order valence-corrected chi connectivity index (χ4v) is 8.57. The van der Waals surface area contributed by atoms with Gasteiger partial charge in [-0.25, -0.2) is 4.79 Å². The quantitative estimate of drug-likeness (QED) is 0.0228. The molecule has 1 saturated heterocycles. The first-order chi connectivity index (χ1) is 33.6. The van der Waals surface area contributed by atoms with Gasteiger partial charge in [0.05, 0.1) is 6.61 Å². The molecule has 0 amide bonds. The number of ether oxygens (including phenoxy) is 5. The van der Waals surface area contributed by atoms with Gasteiger partial charge in [-0.05, 0) is 57.8 Å². The molecule has 69 heavy (non-hydrogen) atoms. The largest absolute Gasteiger partial charge is 0.479 e. The Morgan fingerprint density at radius 2 is 0.841 bits per heavy atom. The number of carboxylic acids is 1. The number of aliphatic carboxylic acids is 1. The average Bonchev–Trinajstić information content (AvgIpc) is 3.33. The van der Waals surface area contributed by atoms with Gasteiger partial charge in [0.15, 0.2) is 24.6 Å². The Hall–Kier alpha value is -2.80. The summed E-state index contributed by atoms with van der Waals surface area (Å²) in [6.45, 7) is 5.91. The molecule has 0 bridgehead atoms. The normalized spacial score (nSPS) is 18.8. The predicted octanol–water partition coefficient (Wildman–Crippen LogP) is 13.9. The molecular weight excluding hydrogens is 877 g/mol. The second kappa shape index (κ2) is 46.3. The van der Waals surface area contributed by atoms with Crippen LogP contribution in [-0.2, 0) is 42.9 Å². The van der Waals surface area contributed by atoms with Crippen molar-refractivity contribution in [2.45, 2.75) is 302 Å². The van der Waals surface area contributed by atoms with Crippen molar-refractivity contribution in [1.82, 2.24) is 0 Å².